The second-order valence-corrected chi connectivity index (χ2v) is 7.89. The van der Waals surface area contributed by atoms with Crippen LogP contribution in [0, 0.1) is 6.92 Å². The molecule has 1 aromatic carbocycles. The second kappa shape index (κ2) is 10.8. The molecule has 0 radical (unpaired) electrons. The van der Waals surface area contributed by atoms with E-state index in [0.29, 0.717) is 0 Å². The van der Waals surface area contributed by atoms with Crippen molar-refractivity contribution >= 4 is 35.9 Å². The summed E-state index contributed by atoms with van der Waals surface area (Å²) in [5, 5.41) is 3.47. The quantitative estimate of drug-likeness (QED) is 0.381. The maximum atomic E-state index is 5.01. The van der Waals surface area contributed by atoms with Crippen LogP contribution in [0.4, 0.5) is 5.95 Å². The molecule has 0 atom stereocenters. The van der Waals surface area contributed by atoms with Crippen molar-refractivity contribution in [1.82, 2.24) is 20.2 Å². The van der Waals surface area contributed by atoms with Crippen molar-refractivity contribution in [1.29, 1.82) is 0 Å². The highest BCUT2D eigenvalue weighted by Gasteiger charge is 2.24. The molecule has 1 aliphatic heterocycles. The molecule has 7 heteroatoms. The van der Waals surface area contributed by atoms with Crippen LogP contribution in [-0.2, 0) is 5.41 Å². The topological polar surface area (TPSA) is 56.7 Å². The van der Waals surface area contributed by atoms with Crippen molar-refractivity contribution in [3.8, 4) is 0 Å². The lowest BCUT2D eigenvalue weighted by Gasteiger charge is -2.37. The fourth-order valence-corrected chi connectivity index (χ4v) is 3.69. The van der Waals surface area contributed by atoms with Gasteiger partial charge in [0.1, 0.15) is 0 Å². The van der Waals surface area contributed by atoms with Gasteiger partial charge in [0.2, 0.25) is 5.95 Å². The van der Waals surface area contributed by atoms with Crippen LogP contribution in [0.1, 0.15) is 31.9 Å². The van der Waals surface area contributed by atoms with Gasteiger partial charge in [0.05, 0.1) is 6.54 Å². The number of rotatable bonds is 5. The molecule has 1 saturated heterocycles. The van der Waals surface area contributed by atoms with Crippen molar-refractivity contribution in [3.05, 3.63) is 53.9 Å². The minimum Gasteiger partial charge on any atom is -0.357 e. The summed E-state index contributed by atoms with van der Waals surface area (Å²) < 4.78 is 0. The van der Waals surface area contributed by atoms with Gasteiger partial charge in [-0.05, 0) is 31.0 Å². The predicted molar refractivity (Wildman–Crippen MR) is 131 cm³/mol. The van der Waals surface area contributed by atoms with Gasteiger partial charge in [-0.3, -0.25) is 4.99 Å². The largest absolute Gasteiger partial charge is 0.357 e. The number of hydrogen-bond acceptors (Lipinski definition) is 4. The number of nitrogens with zero attached hydrogens (tertiary/aromatic N) is 5. The predicted octanol–water partition coefficient (Wildman–Crippen LogP) is 3.47. The lowest BCUT2D eigenvalue weighted by atomic mass is 9.82. The summed E-state index contributed by atoms with van der Waals surface area (Å²) >= 11 is 0. The minimum absolute atomic E-state index is 0. The van der Waals surface area contributed by atoms with E-state index in [9.17, 15) is 0 Å². The highest BCUT2D eigenvalue weighted by Crippen LogP contribution is 2.26. The summed E-state index contributed by atoms with van der Waals surface area (Å²) in [6, 6.07) is 10.5. The fraction of sp³-hybridized carbons (Fsp3) is 0.500. The number of aliphatic imine (C=N–C) groups is 1. The highest BCUT2D eigenvalue weighted by atomic mass is 127. The third-order valence-corrected chi connectivity index (χ3v) is 5.25. The maximum absolute atomic E-state index is 5.01. The standard InChI is InChI=1S/C22H32N6.HI/c1-5-23-20(26-17-22(3,4)19-10-7-6-9-18(19)2)27-13-15-28(16-14-27)21-24-11-8-12-25-21;/h6-12H,5,13-17H2,1-4H3,(H,23,26);1H. The Labute approximate surface area is 191 Å². The molecule has 0 saturated carbocycles. The molecule has 0 bridgehead atoms. The van der Waals surface area contributed by atoms with Crippen LogP contribution >= 0.6 is 24.0 Å². The molecule has 2 heterocycles. The third-order valence-electron chi connectivity index (χ3n) is 5.25. The summed E-state index contributed by atoms with van der Waals surface area (Å²) in [6.45, 7) is 14.1. The summed E-state index contributed by atoms with van der Waals surface area (Å²) in [6.07, 6.45) is 3.60. The van der Waals surface area contributed by atoms with E-state index < -0.39 is 0 Å². The zero-order valence-electron chi connectivity index (χ0n) is 17.9. The van der Waals surface area contributed by atoms with E-state index in [1.165, 1.54) is 11.1 Å². The molecule has 1 aliphatic rings. The van der Waals surface area contributed by atoms with Crippen molar-refractivity contribution in [2.45, 2.75) is 33.1 Å². The van der Waals surface area contributed by atoms with Crippen LogP contribution in [-0.4, -0.2) is 60.1 Å². The molecular weight excluding hydrogens is 475 g/mol. The molecule has 0 spiro atoms. The lowest BCUT2D eigenvalue weighted by molar-refractivity contribution is 0.368. The molecule has 29 heavy (non-hydrogen) atoms. The van der Waals surface area contributed by atoms with Gasteiger partial charge >= 0.3 is 0 Å². The van der Waals surface area contributed by atoms with Gasteiger partial charge in [0.25, 0.3) is 0 Å². The summed E-state index contributed by atoms with van der Waals surface area (Å²) in [7, 11) is 0. The molecule has 3 rings (SSSR count). The van der Waals surface area contributed by atoms with Gasteiger partial charge in [0.15, 0.2) is 5.96 Å². The molecule has 0 amide bonds. The number of aromatic nitrogens is 2. The van der Waals surface area contributed by atoms with Crippen LogP contribution < -0.4 is 10.2 Å². The molecule has 158 valence electrons. The number of anilines is 1. The molecule has 1 aromatic heterocycles. The van der Waals surface area contributed by atoms with E-state index in [1.807, 2.05) is 6.07 Å². The molecule has 2 aromatic rings. The van der Waals surface area contributed by atoms with Crippen molar-refractivity contribution in [2.75, 3.05) is 44.2 Å². The molecule has 0 aliphatic carbocycles. The Hall–Kier alpha value is -1.90. The van der Waals surface area contributed by atoms with Crippen LogP contribution in [0.5, 0.6) is 0 Å². The lowest BCUT2D eigenvalue weighted by Crippen LogP contribution is -2.53. The van der Waals surface area contributed by atoms with E-state index in [4.69, 9.17) is 4.99 Å². The third kappa shape index (κ3) is 6.04. The number of guanidine groups is 1. The number of halogens is 1. The van der Waals surface area contributed by atoms with Crippen LogP contribution in [0.25, 0.3) is 0 Å². The van der Waals surface area contributed by atoms with E-state index in [1.54, 1.807) is 12.4 Å². The smallest absolute Gasteiger partial charge is 0.225 e. The Kier molecular flexibility index (Phi) is 8.67. The first-order valence-electron chi connectivity index (χ1n) is 10.1. The molecule has 1 N–H and O–H groups in total. The first-order chi connectivity index (χ1) is 13.5. The van der Waals surface area contributed by atoms with E-state index in [0.717, 1.165) is 51.2 Å². The number of aryl methyl sites for hydroxylation is 1. The number of nitrogens with one attached hydrogen (secondary N) is 1. The van der Waals surface area contributed by atoms with Crippen molar-refractivity contribution < 1.29 is 0 Å². The first kappa shape index (κ1) is 23.4. The van der Waals surface area contributed by atoms with Gasteiger partial charge < -0.3 is 15.1 Å². The molecule has 0 unspecified atom stereocenters. The molecule has 6 nitrogen and oxygen atoms in total. The maximum Gasteiger partial charge on any atom is 0.225 e. The first-order valence-corrected chi connectivity index (χ1v) is 10.1. The number of benzene rings is 1. The van der Waals surface area contributed by atoms with E-state index >= 15 is 0 Å². The molecular formula is C22H33IN6. The van der Waals surface area contributed by atoms with Gasteiger partial charge in [-0.25, -0.2) is 9.97 Å². The monoisotopic (exact) mass is 508 g/mol. The zero-order valence-corrected chi connectivity index (χ0v) is 20.3. The Bertz CT molecular complexity index is 785. The van der Waals surface area contributed by atoms with Crippen LogP contribution in [0.3, 0.4) is 0 Å². The Balaban J connectivity index is 0.00000300. The van der Waals surface area contributed by atoms with E-state index in [-0.39, 0.29) is 29.4 Å². The molecule has 1 fully saturated rings. The van der Waals surface area contributed by atoms with Gasteiger partial charge in [-0.1, -0.05) is 38.1 Å². The average Bonchev–Trinajstić information content (AvgIpc) is 2.72. The van der Waals surface area contributed by atoms with Crippen LogP contribution in [0.2, 0.25) is 0 Å². The van der Waals surface area contributed by atoms with Gasteiger partial charge in [-0.2, -0.15) is 0 Å². The summed E-state index contributed by atoms with van der Waals surface area (Å²) in [5.74, 6) is 1.81. The zero-order chi connectivity index (χ0) is 20.0. The van der Waals surface area contributed by atoms with Gasteiger partial charge in [-0.15, -0.1) is 24.0 Å². The summed E-state index contributed by atoms with van der Waals surface area (Å²) in [4.78, 5) is 18.3. The Morgan fingerprint density at radius 3 is 2.34 bits per heavy atom. The van der Waals surface area contributed by atoms with Gasteiger partial charge in [0, 0.05) is 50.5 Å². The summed E-state index contributed by atoms with van der Waals surface area (Å²) in [5.41, 5.74) is 2.68. The van der Waals surface area contributed by atoms with E-state index in [2.05, 4.69) is 77.0 Å². The number of hydrogen-bond donors (Lipinski definition) is 1. The second-order valence-electron chi connectivity index (χ2n) is 7.89. The normalized spacial score (nSPS) is 15.1. The number of piperazine rings is 1. The van der Waals surface area contributed by atoms with Crippen LogP contribution in [0.15, 0.2) is 47.7 Å². The highest BCUT2D eigenvalue weighted by molar-refractivity contribution is 14.0. The fourth-order valence-electron chi connectivity index (χ4n) is 3.69. The van der Waals surface area contributed by atoms with Crippen molar-refractivity contribution in [2.24, 2.45) is 4.99 Å². The Morgan fingerprint density at radius 1 is 1.07 bits per heavy atom. The minimum atomic E-state index is -0.00822. The van der Waals surface area contributed by atoms with Crippen molar-refractivity contribution in [3.63, 3.8) is 0 Å². The average molecular weight is 508 g/mol. The SMILES string of the molecule is CCNC(=NCC(C)(C)c1ccccc1C)N1CCN(c2ncccn2)CC1.I. The Morgan fingerprint density at radius 2 is 1.72 bits per heavy atom.